The van der Waals surface area contributed by atoms with Crippen molar-refractivity contribution in [2.75, 3.05) is 7.05 Å². The lowest BCUT2D eigenvalue weighted by Crippen LogP contribution is -2.07. The van der Waals surface area contributed by atoms with Crippen molar-refractivity contribution in [3.05, 3.63) is 46.3 Å². The lowest BCUT2D eigenvalue weighted by molar-refractivity contribution is 0.456. The van der Waals surface area contributed by atoms with Gasteiger partial charge in [0.25, 0.3) is 0 Å². The average Bonchev–Trinajstić information content (AvgIpc) is 2.35. The number of aromatic nitrogens is 2. The van der Waals surface area contributed by atoms with Crippen LogP contribution in [-0.2, 0) is 6.54 Å². The van der Waals surface area contributed by atoms with Gasteiger partial charge in [0.1, 0.15) is 5.75 Å². The summed E-state index contributed by atoms with van der Waals surface area (Å²) in [6, 6.07) is 5.80. The second-order valence-electron chi connectivity index (χ2n) is 3.89. The molecule has 1 heterocycles. The van der Waals surface area contributed by atoms with Crippen LogP contribution in [0.25, 0.3) is 0 Å². The van der Waals surface area contributed by atoms with E-state index in [0.29, 0.717) is 12.4 Å². The SMILES string of the molecule is CNCc1cncc(Oc2ccc(Br)c(C)c2)n1. The van der Waals surface area contributed by atoms with Crippen LogP contribution in [0.15, 0.2) is 35.1 Å². The van der Waals surface area contributed by atoms with Crippen LogP contribution < -0.4 is 10.1 Å². The van der Waals surface area contributed by atoms with Gasteiger partial charge in [-0.3, -0.25) is 4.98 Å². The molecule has 0 spiro atoms. The van der Waals surface area contributed by atoms with Crippen LogP contribution in [-0.4, -0.2) is 17.0 Å². The number of halogens is 1. The molecule has 2 aromatic rings. The molecule has 0 atom stereocenters. The summed E-state index contributed by atoms with van der Waals surface area (Å²) in [5.41, 5.74) is 1.97. The molecule has 4 nitrogen and oxygen atoms in total. The monoisotopic (exact) mass is 307 g/mol. The molecule has 0 saturated carbocycles. The normalized spacial score (nSPS) is 10.4. The summed E-state index contributed by atoms with van der Waals surface area (Å²) in [4.78, 5) is 8.45. The molecule has 0 amide bonds. The number of hydrogen-bond donors (Lipinski definition) is 1. The highest BCUT2D eigenvalue weighted by Gasteiger charge is 2.03. The van der Waals surface area contributed by atoms with Crippen LogP contribution in [0.3, 0.4) is 0 Å². The zero-order valence-corrected chi connectivity index (χ0v) is 11.9. The van der Waals surface area contributed by atoms with Crippen LogP contribution in [0, 0.1) is 6.92 Å². The van der Waals surface area contributed by atoms with Gasteiger partial charge in [0.15, 0.2) is 0 Å². The first kappa shape index (κ1) is 13.0. The number of aryl methyl sites for hydroxylation is 1. The van der Waals surface area contributed by atoms with Crippen molar-refractivity contribution in [3.8, 4) is 11.6 Å². The summed E-state index contributed by atoms with van der Waals surface area (Å²) < 4.78 is 6.74. The number of nitrogens with one attached hydrogen (secondary N) is 1. The minimum absolute atomic E-state index is 0.504. The summed E-state index contributed by atoms with van der Waals surface area (Å²) in [7, 11) is 1.87. The molecule has 0 fully saturated rings. The maximum absolute atomic E-state index is 5.68. The first-order chi connectivity index (χ1) is 8.69. The van der Waals surface area contributed by atoms with E-state index < -0.39 is 0 Å². The van der Waals surface area contributed by atoms with Gasteiger partial charge in [-0.15, -0.1) is 0 Å². The van der Waals surface area contributed by atoms with E-state index in [4.69, 9.17) is 4.74 Å². The molecular weight excluding hydrogens is 294 g/mol. The topological polar surface area (TPSA) is 47.0 Å². The summed E-state index contributed by atoms with van der Waals surface area (Å²) in [6.45, 7) is 2.68. The highest BCUT2D eigenvalue weighted by Crippen LogP contribution is 2.24. The zero-order valence-electron chi connectivity index (χ0n) is 10.3. The number of hydrogen-bond acceptors (Lipinski definition) is 4. The third kappa shape index (κ3) is 3.27. The Morgan fingerprint density at radius 1 is 1.33 bits per heavy atom. The molecule has 1 aromatic heterocycles. The van der Waals surface area contributed by atoms with E-state index in [1.807, 2.05) is 32.2 Å². The quantitative estimate of drug-likeness (QED) is 0.943. The van der Waals surface area contributed by atoms with Crippen LogP contribution in [0.1, 0.15) is 11.3 Å². The summed E-state index contributed by atoms with van der Waals surface area (Å²) in [5.74, 6) is 1.26. The average molecular weight is 308 g/mol. The number of nitrogens with zero attached hydrogens (tertiary/aromatic N) is 2. The molecule has 0 radical (unpaired) electrons. The Balaban J connectivity index is 2.17. The predicted octanol–water partition coefficient (Wildman–Crippen LogP) is 3.06. The second-order valence-corrected chi connectivity index (χ2v) is 4.75. The van der Waals surface area contributed by atoms with Gasteiger partial charge >= 0.3 is 0 Å². The van der Waals surface area contributed by atoms with Crippen molar-refractivity contribution in [3.63, 3.8) is 0 Å². The van der Waals surface area contributed by atoms with Crippen molar-refractivity contribution in [2.24, 2.45) is 0 Å². The minimum Gasteiger partial charge on any atom is -0.437 e. The first-order valence-electron chi connectivity index (χ1n) is 5.58. The Labute approximate surface area is 115 Å². The molecule has 18 heavy (non-hydrogen) atoms. The van der Waals surface area contributed by atoms with Crippen molar-refractivity contribution in [1.82, 2.24) is 15.3 Å². The third-order valence-corrected chi connectivity index (χ3v) is 3.26. The smallest absolute Gasteiger partial charge is 0.238 e. The molecule has 0 unspecified atom stereocenters. The zero-order chi connectivity index (χ0) is 13.0. The van der Waals surface area contributed by atoms with Gasteiger partial charge in [0, 0.05) is 17.2 Å². The highest BCUT2D eigenvalue weighted by molar-refractivity contribution is 9.10. The Hall–Kier alpha value is -1.46. The standard InChI is InChI=1S/C13H14BrN3O/c1-9-5-11(3-4-12(9)14)18-13-8-16-7-10(17-13)6-15-2/h3-5,7-8,15H,6H2,1-2H3. The minimum atomic E-state index is 0.504. The van der Waals surface area contributed by atoms with E-state index in [9.17, 15) is 0 Å². The van der Waals surface area contributed by atoms with Crippen molar-refractivity contribution in [2.45, 2.75) is 13.5 Å². The summed E-state index contributed by atoms with van der Waals surface area (Å²) in [5, 5.41) is 3.03. The fourth-order valence-corrected chi connectivity index (χ4v) is 1.75. The lowest BCUT2D eigenvalue weighted by atomic mass is 10.2. The van der Waals surface area contributed by atoms with E-state index in [0.717, 1.165) is 21.5 Å². The van der Waals surface area contributed by atoms with Crippen molar-refractivity contribution >= 4 is 15.9 Å². The molecule has 0 aliphatic carbocycles. The van der Waals surface area contributed by atoms with E-state index in [2.05, 4.69) is 31.2 Å². The molecule has 94 valence electrons. The molecule has 0 aliphatic heterocycles. The third-order valence-electron chi connectivity index (χ3n) is 2.37. The number of rotatable bonds is 4. The molecule has 1 aromatic carbocycles. The van der Waals surface area contributed by atoms with E-state index >= 15 is 0 Å². The number of benzene rings is 1. The molecular formula is C13H14BrN3O. The Morgan fingerprint density at radius 2 is 2.17 bits per heavy atom. The maximum Gasteiger partial charge on any atom is 0.238 e. The van der Waals surface area contributed by atoms with Crippen LogP contribution in [0.2, 0.25) is 0 Å². The van der Waals surface area contributed by atoms with Gasteiger partial charge in [0.05, 0.1) is 11.9 Å². The predicted molar refractivity (Wildman–Crippen MR) is 73.7 cm³/mol. The molecule has 0 saturated heterocycles. The molecule has 5 heteroatoms. The van der Waals surface area contributed by atoms with E-state index in [1.54, 1.807) is 12.4 Å². The molecule has 0 aliphatic rings. The molecule has 0 bridgehead atoms. The van der Waals surface area contributed by atoms with Crippen molar-refractivity contribution in [1.29, 1.82) is 0 Å². The van der Waals surface area contributed by atoms with Gasteiger partial charge in [-0.2, -0.15) is 0 Å². The van der Waals surface area contributed by atoms with Gasteiger partial charge in [-0.05, 0) is 37.7 Å². The molecule has 2 rings (SSSR count). The van der Waals surface area contributed by atoms with Gasteiger partial charge < -0.3 is 10.1 Å². The summed E-state index contributed by atoms with van der Waals surface area (Å²) >= 11 is 3.46. The first-order valence-corrected chi connectivity index (χ1v) is 6.38. The van der Waals surface area contributed by atoms with Crippen LogP contribution in [0.5, 0.6) is 11.6 Å². The second kappa shape index (κ2) is 5.93. The van der Waals surface area contributed by atoms with Gasteiger partial charge in [-0.1, -0.05) is 15.9 Å². The fraction of sp³-hybridized carbons (Fsp3) is 0.231. The Kier molecular flexibility index (Phi) is 4.28. The van der Waals surface area contributed by atoms with E-state index in [1.165, 1.54) is 0 Å². The van der Waals surface area contributed by atoms with Crippen LogP contribution in [0.4, 0.5) is 0 Å². The van der Waals surface area contributed by atoms with Crippen molar-refractivity contribution < 1.29 is 4.74 Å². The highest BCUT2D eigenvalue weighted by atomic mass is 79.9. The molecule has 1 N–H and O–H groups in total. The van der Waals surface area contributed by atoms with Gasteiger partial charge in [0.2, 0.25) is 5.88 Å². The Morgan fingerprint density at radius 3 is 2.89 bits per heavy atom. The van der Waals surface area contributed by atoms with E-state index in [-0.39, 0.29) is 0 Å². The lowest BCUT2D eigenvalue weighted by Gasteiger charge is -2.07. The maximum atomic E-state index is 5.68. The summed E-state index contributed by atoms with van der Waals surface area (Å²) in [6.07, 6.45) is 3.33. The number of ether oxygens (including phenoxy) is 1. The Bertz CT molecular complexity index is 546. The fourth-order valence-electron chi connectivity index (χ4n) is 1.50. The largest absolute Gasteiger partial charge is 0.437 e. The van der Waals surface area contributed by atoms with Gasteiger partial charge in [-0.25, -0.2) is 4.98 Å². The van der Waals surface area contributed by atoms with Crippen LogP contribution >= 0.6 is 15.9 Å².